The van der Waals surface area contributed by atoms with Gasteiger partial charge in [-0.2, -0.15) is 0 Å². The van der Waals surface area contributed by atoms with Crippen LogP contribution in [0.1, 0.15) is 18.4 Å². The Balaban J connectivity index is 1.79. The summed E-state index contributed by atoms with van der Waals surface area (Å²) < 4.78 is 11.0. The molecule has 6 nitrogen and oxygen atoms in total. The molecule has 1 heterocycles. The van der Waals surface area contributed by atoms with Gasteiger partial charge in [-0.15, -0.1) is 5.10 Å². The first kappa shape index (κ1) is 14.3. The summed E-state index contributed by atoms with van der Waals surface area (Å²) >= 11 is 0. The predicted octanol–water partition coefficient (Wildman–Crippen LogP) is 1.61. The Morgan fingerprint density at radius 1 is 1.25 bits per heavy atom. The Labute approximate surface area is 118 Å². The van der Waals surface area contributed by atoms with Crippen LogP contribution in [0.5, 0.6) is 5.75 Å². The van der Waals surface area contributed by atoms with Crippen LogP contribution < -0.4 is 15.4 Å². The number of anilines is 1. The number of rotatable bonds is 7. The molecule has 108 valence electrons. The summed E-state index contributed by atoms with van der Waals surface area (Å²) in [5.74, 6) is 1.30. The second-order valence-corrected chi connectivity index (χ2v) is 4.45. The quantitative estimate of drug-likeness (QED) is 0.827. The molecule has 0 aliphatic heterocycles. The van der Waals surface area contributed by atoms with Gasteiger partial charge in [-0.25, -0.2) is 0 Å². The number of likely N-dealkylation sites (N-methyl/N-ethyl adjacent to an activating group) is 1. The van der Waals surface area contributed by atoms with Crippen LogP contribution in [0.2, 0.25) is 0 Å². The minimum atomic E-state index is 0.251. The summed E-state index contributed by atoms with van der Waals surface area (Å²) in [6.45, 7) is 3.58. The molecule has 0 radical (unpaired) electrons. The van der Waals surface area contributed by atoms with Crippen LogP contribution in [0.3, 0.4) is 0 Å². The maximum absolute atomic E-state index is 5.67. The number of aromatic nitrogens is 2. The lowest BCUT2D eigenvalue weighted by molar-refractivity contribution is 0.322. The fraction of sp³-hybridized carbons (Fsp3) is 0.429. The lowest BCUT2D eigenvalue weighted by Gasteiger charge is -2.14. The van der Waals surface area contributed by atoms with Gasteiger partial charge in [0.1, 0.15) is 12.4 Å². The highest BCUT2D eigenvalue weighted by atomic mass is 16.5. The molecule has 2 aromatic rings. The maximum atomic E-state index is 5.67. The third-order valence-corrected chi connectivity index (χ3v) is 2.98. The lowest BCUT2D eigenvalue weighted by Crippen LogP contribution is -2.24. The fourth-order valence-corrected chi connectivity index (χ4v) is 1.70. The zero-order chi connectivity index (χ0) is 14.4. The molecule has 20 heavy (non-hydrogen) atoms. The van der Waals surface area contributed by atoms with Gasteiger partial charge in [-0.1, -0.05) is 24.2 Å². The van der Waals surface area contributed by atoms with Crippen molar-refractivity contribution in [3.63, 3.8) is 0 Å². The SMILES string of the molecule is CCc1ccc(OCCN(C)c2nnc(CN)o2)cc1. The van der Waals surface area contributed by atoms with Crippen LogP contribution in [0.4, 0.5) is 6.01 Å². The molecule has 2 N–H and O–H groups in total. The molecular weight excluding hydrogens is 256 g/mol. The van der Waals surface area contributed by atoms with Crippen molar-refractivity contribution in [1.82, 2.24) is 10.2 Å². The zero-order valence-electron chi connectivity index (χ0n) is 11.9. The third kappa shape index (κ3) is 3.71. The summed E-state index contributed by atoms with van der Waals surface area (Å²) in [7, 11) is 1.87. The second kappa shape index (κ2) is 6.91. The predicted molar refractivity (Wildman–Crippen MR) is 76.8 cm³/mol. The van der Waals surface area contributed by atoms with Gasteiger partial charge in [0.25, 0.3) is 0 Å². The molecule has 6 heteroatoms. The minimum Gasteiger partial charge on any atom is -0.492 e. The van der Waals surface area contributed by atoms with Crippen molar-refractivity contribution in [2.24, 2.45) is 5.73 Å². The molecule has 2 rings (SSSR count). The van der Waals surface area contributed by atoms with Crippen molar-refractivity contribution in [1.29, 1.82) is 0 Å². The average molecular weight is 276 g/mol. The monoisotopic (exact) mass is 276 g/mol. The van der Waals surface area contributed by atoms with Gasteiger partial charge in [0, 0.05) is 7.05 Å². The van der Waals surface area contributed by atoms with E-state index in [0.717, 1.165) is 12.2 Å². The van der Waals surface area contributed by atoms with Gasteiger partial charge in [0.05, 0.1) is 13.1 Å². The van der Waals surface area contributed by atoms with E-state index in [1.165, 1.54) is 5.56 Å². The average Bonchev–Trinajstić information content (AvgIpc) is 2.97. The number of nitrogens with zero attached hydrogens (tertiary/aromatic N) is 3. The molecule has 0 bridgehead atoms. The molecule has 0 unspecified atom stereocenters. The Bertz CT molecular complexity index is 524. The van der Waals surface area contributed by atoms with Crippen LogP contribution >= 0.6 is 0 Å². The molecule has 0 atom stereocenters. The van der Waals surface area contributed by atoms with Crippen molar-refractivity contribution in [2.75, 3.05) is 25.1 Å². The Morgan fingerprint density at radius 2 is 2.00 bits per heavy atom. The van der Waals surface area contributed by atoms with Gasteiger partial charge >= 0.3 is 6.01 Å². The van der Waals surface area contributed by atoms with Crippen molar-refractivity contribution >= 4 is 6.01 Å². The topological polar surface area (TPSA) is 77.4 Å². The smallest absolute Gasteiger partial charge is 0.318 e. The highest BCUT2D eigenvalue weighted by Gasteiger charge is 2.09. The normalized spacial score (nSPS) is 10.6. The Kier molecular flexibility index (Phi) is 4.95. The van der Waals surface area contributed by atoms with E-state index < -0.39 is 0 Å². The highest BCUT2D eigenvalue weighted by Crippen LogP contribution is 2.13. The zero-order valence-corrected chi connectivity index (χ0v) is 11.9. The second-order valence-electron chi connectivity index (χ2n) is 4.45. The summed E-state index contributed by atoms with van der Waals surface area (Å²) in [6, 6.07) is 8.57. The number of nitrogens with two attached hydrogens (primary N) is 1. The Morgan fingerprint density at radius 3 is 2.60 bits per heavy atom. The molecule has 1 aromatic heterocycles. The number of aryl methyl sites for hydroxylation is 1. The number of hydrogen-bond acceptors (Lipinski definition) is 6. The highest BCUT2D eigenvalue weighted by molar-refractivity contribution is 5.27. The van der Waals surface area contributed by atoms with E-state index in [0.29, 0.717) is 25.1 Å². The third-order valence-electron chi connectivity index (χ3n) is 2.98. The van der Waals surface area contributed by atoms with Crippen molar-refractivity contribution in [3.8, 4) is 5.75 Å². The van der Waals surface area contributed by atoms with Gasteiger partial charge in [0.15, 0.2) is 0 Å². The van der Waals surface area contributed by atoms with E-state index in [1.54, 1.807) is 0 Å². The molecule has 0 aliphatic rings. The number of benzene rings is 1. The molecule has 0 amide bonds. The molecule has 0 fully saturated rings. The first-order valence-corrected chi connectivity index (χ1v) is 6.68. The lowest BCUT2D eigenvalue weighted by atomic mass is 10.2. The van der Waals surface area contributed by atoms with E-state index in [4.69, 9.17) is 14.9 Å². The van der Waals surface area contributed by atoms with E-state index in [2.05, 4.69) is 29.3 Å². The number of ether oxygens (including phenoxy) is 1. The molecule has 1 aromatic carbocycles. The summed E-state index contributed by atoms with van der Waals surface area (Å²) in [6.07, 6.45) is 1.03. The van der Waals surface area contributed by atoms with Crippen molar-refractivity contribution in [3.05, 3.63) is 35.7 Å². The van der Waals surface area contributed by atoms with E-state index in [9.17, 15) is 0 Å². The van der Waals surface area contributed by atoms with Gasteiger partial charge in [-0.3, -0.25) is 0 Å². The summed E-state index contributed by atoms with van der Waals surface area (Å²) in [5, 5.41) is 7.73. The van der Waals surface area contributed by atoms with E-state index >= 15 is 0 Å². The summed E-state index contributed by atoms with van der Waals surface area (Å²) in [4.78, 5) is 1.84. The van der Waals surface area contributed by atoms with Crippen LogP contribution in [-0.4, -0.2) is 30.4 Å². The van der Waals surface area contributed by atoms with E-state index in [-0.39, 0.29) is 6.54 Å². The maximum Gasteiger partial charge on any atom is 0.318 e. The fourth-order valence-electron chi connectivity index (χ4n) is 1.70. The minimum absolute atomic E-state index is 0.251. The van der Waals surface area contributed by atoms with E-state index in [1.807, 2.05) is 24.1 Å². The van der Waals surface area contributed by atoms with Crippen LogP contribution in [0.25, 0.3) is 0 Å². The van der Waals surface area contributed by atoms with Crippen molar-refractivity contribution in [2.45, 2.75) is 19.9 Å². The molecule has 0 aliphatic carbocycles. The van der Waals surface area contributed by atoms with Crippen LogP contribution in [0, 0.1) is 0 Å². The number of hydrogen-bond donors (Lipinski definition) is 1. The van der Waals surface area contributed by atoms with Crippen LogP contribution in [0.15, 0.2) is 28.7 Å². The molecule has 0 saturated carbocycles. The summed E-state index contributed by atoms with van der Waals surface area (Å²) in [5.41, 5.74) is 6.72. The standard InChI is InChI=1S/C14H20N4O2/c1-3-11-4-6-12(7-5-11)19-9-8-18(2)14-17-16-13(10-15)20-14/h4-7H,3,8-10,15H2,1-2H3. The molecule has 0 saturated heterocycles. The largest absolute Gasteiger partial charge is 0.492 e. The van der Waals surface area contributed by atoms with Crippen molar-refractivity contribution < 1.29 is 9.15 Å². The molecular formula is C14H20N4O2. The van der Waals surface area contributed by atoms with Gasteiger partial charge < -0.3 is 19.8 Å². The van der Waals surface area contributed by atoms with Gasteiger partial charge in [0.2, 0.25) is 5.89 Å². The Hall–Kier alpha value is -2.08. The first-order chi connectivity index (χ1) is 9.72. The first-order valence-electron chi connectivity index (χ1n) is 6.68. The van der Waals surface area contributed by atoms with Crippen LogP contribution in [-0.2, 0) is 13.0 Å². The van der Waals surface area contributed by atoms with Gasteiger partial charge in [-0.05, 0) is 24.1 Å². The molecule has 0 spiro atoms.